The quantitative estimate of drug-likeness (QED) is 0.401. The molecule has 0 radical (unpaired) electrons. The zero-order valence-electron chi connectivity index (χ0n) is 13.8. The Bertz CT molecular complexity index is 403. The van der Waals surface area contributed by atoms with Gasteiger partial charge in [0.25, 0.3) is 0 Å². The van der Waals surface area contributed by atoms with E-state index in [0.717, 1.165) is 18.3 Å². The van der Waals surface area contributed by atoms with E-state index in [9.17, 15) is 0 Å². The van der Waals surface area contributed by atoms with Crippen LogP contribution in [0.4, 0.5) is 0 Å². The van der Waals surface area contributed by atoms with Gasteiger partial charge in [-0.2, -0.15) is 0 Å². The molecule has 3 aliphatic rings. The van der Waals surface area contributed by atoms with E-state index >= 15 is 0 Å². The highest BCUT2D eigenvalue weighted by molar-refractivity contribution is 9.26. The fraction of sp³-hybridized carbons (Fsp3) is 0.875. The summed E-state index contributed by atoms with van der Waals surface area (Å²) < 4.78 is 0. The molecular formula is C16H30BBrSi2. The Labute approximate surface area is 135 Å². The van der Waals surface area contributed by atoms with Crippen LogP contribution in [0.15, 0.2) is 10.3 Å². The first kappa shape index (κ1) is 15.6. The summed E-state index contributed by atoms with van der Waals surface area (Å²) >= 11 is 4.18. The van der Waals surface area contributed by atoms with Crippen molar-refractivity contribution in [1.82, 2.24) is 0 Å². The van der Waals surface area contributed by atoms with Gasteiger partial charge in [0.1, 0.15) is 6.69 Å². The average Bonchev–Trinajstić information content (AvgIpc) is 2.63. The molecule has 2 saturated heterocycles. The normalized spacial score (nSPS) is 33.8. The number of allylic oxidation sites excluding steroid dienone is 1. The van der Waals surface area contributed by atoms with Crippen LogP contribution in [0.1, 0.15) is 44.9 Å². The molecule has 0 amide bonds. The fourth-order valence-electron chi connectivity index (χ4n) is 5.90. The lowest BCUT2D eigenvalue weighted by Crippen LogP contribution is -2.42. The fourth-order valence-corrected chi connectivity index (χ4v) is 21.7. The lowest BCUT2D eigenvalue weighted by Gasteiger charge is -2.43. The van der Waals surface area contributed by atoms with Gasteiger partial charge in [-0.3, -0.25) is 0 Å². The summed E-state index contributed by atoms with van der Waals surface area (Å²) in [5, 5.41) is 0. The Hall–Kier alpha value is 0.719. The summed E-state index contributed by atoms with van der Waals surface area (Å²) in [7, 11) is -1.11. The number of fused-ring (bicyclic) bond motifs is 2. The van der Waals surface area contributed by atoms with E-state index in [1.807, 2.05) is 10.3 Å². The minimum Gasteiger partial charge on any atom is -0.121 e. The average molecular weight is 369 g/mol. The van der Waals surface area contributed by atoms with Crippen LogP contribution < -0.4 is 0 Å². The second-order valence-corrected chi connectivity index (χ2v) is 23.3. The molecule has 0 saturated carbocycles. The predicted molar refractivity (Wildman–Crippen MR) is 101 cm³/mol. The zero-order chi connectivity index (χ0) is 14.5. The molecule has 0 aromatic heterocycles. The van der Waals surface area contributed by atoms with Crippen molar-refractivity contribution in [2.24, 2.45) is 0 Å². The zero-order valence-corrected chi connectivity index (χ0v) is 17.4. The summed E-state index contributed by atoms with van der Waals surface area (Å²) in [6.07, 6.45) is 10.6. The highest BCUT2D eigenvalue weighted by Gasteiger charge is 2.49. The lowest BCUT2D eigenvalue weighted by molar-refractivity contribution is 0.445. The molecule has 20 heavy (non-hydrogen) atoms. The van der Waals surface area contributed by atoms with Crippen molar-refractivity contribution in [1.29, 1.82) is 0 Å². The molecule has 0 aromatic rings. The van der Waals surface area contributed by atoms with E-state index in [2.05, 4.69) is 41.5 Å². The summed E-state index contributed by atoms with van der Waals surface area (Å²) in [5.41, 5.74) is 2.00. The molecule has 2 bridgehead atoms. The standard InChI is InChI=1S/C16H30BBrSi2/c1-19(2)12-11-15(16(19)20(3,4)18)17-13-7-5-8-14(17)10-6-9-13/h13-14H,5-12H2,1-4H3. The molecule has 4 heteroatoms. The molecule has 3 rings (SSSR count). The first-order valence-corrected chi connectivity index (χ1v) is 17.2. The van der Waals surface area contributed by atoms with Crippen molar-refractivity contribution in [2.45, 2.75) is 88.8 Å². The van der Waals surface area contributed by atoms with Crippen molar-refractivity contribution in [3.05, 3.63) is 10.3 Å². The molecule has 112 valence electrons. The van der Waals surface area contributed by atoms with Gasteiger partial charge in [0.15, 0.2) is 6.71 Å². The van der Waals surface area contributed by atoms with Crippen LogP contribution in [-0.4, -0.2) is 21.5 Å². The molecule has 2 fully saturated rings. The lowest BCUT2D eigenvalue weighted by atomic mass is 9.24. The van der Waals surface area contributed by atoms with Gasteiger partial charge in [0.05, 0.1) is 8.07 Å². The smallest absolute Gasteiger partial charge is 0.121 e. The van der Waals surface area contributed by atoms with Gasteiger partial charge in [-0.05, 0) is 6.42 Å². The minimum absolute atomic E-state index is 1.01. The third-order valence-corrected chi connectivity index (χ3v) is 17.2. The van der Waals surface area contributed by atoms with Crippen molar-refractivity contribution in [2.75, 3.05) is 0 Å². The molecule has 3 heterocycles. The van der Waals surface area contributed by atoms with Crippen LogP contribution in [-0.2, 0) is 0 Å². The molecule has 0 aromatic carbocycles. The maximum atomic E-state index is 4.18. The van der Waals surface area contributed by atoms with Crippen molar-refractivity contribution in [3.8, 4) is 0 Å². The topological polar surface area (TPSA) is 0 Å². The monoisotopic (exact) mass is 368 g/mol. The van der Waals surface area contributed by atoms with Gasteiger partial charge in [-0.15, -0.1) is 20.8 Å². The first-order chi connectivity index (χ1) is 9.31. The van der Waals surface area contributed by atoms with Crippen molar-refractivity contribution in [3.63, 3.8) is 0 Å². The van der Waals surface area contributed by atoms with E-state index in [4.69, 9.17) is 0 Å². The van der Waals surface area contributed by atoms with Gasteiger partial charge in [0, 0.05) is 0 Å². The number of hydrogen-bond acceptors (Lipinski definition) is 0. The van der Waals surface area contributed by atoms with E-state index in [-0.39, 0.29) is 0 Å². The Morgan fingerprint density at radius 2 is 1.55 bits per heavy atom. The Morgan fingerprint density at radius 1 is 1.05 bits per heavy atom. The number of halogens is 1. The highest BCUT2D eigenvalue weighted by Crippen LogP contribution is 2.54. The summed E-state index contributed by atoms with van der Waals surface area (Å²) in [5.74, 6) is 2.11. The predicted octanol–water partition coefficient (Wildman–Crippen LogP) is 6.22. The van der Waals surface area contributed by atoms with E-state index in [0.29, 0.717) is 0 Å². The Balaban J connectivity index is 2.02. The molecule has 0 N–H and O–H groups in total. The third kappa shape index (κ3) is 2.69. The van der Waals surface area contributed by atoms with Crippen molar-refractivity contribution >= 4 is 36.8 Å². The third-order valence-electron chi connectivity index (χ3n) is 6.33. The van der Waals surface area contributed by atoms with Gasteiger partial charge in [-0.1, -0.05) is 87.2 Å². The van der Waals surface area contributed by atoms with E-state index < -0.39 is 14.8 Å². The van der Waals surface area contributed by atoms with Gasteiger partial charge < -0.3 is 0 Å². The summed E-state index contributed by atoms with van der Waals surface area (Å²) in [6.45, 7) is 10.1. The van der Waals surface area contributed by atoms with Crippen LogP contribution in [0.25, 0.3) is 0 Å². The molecule has 0 spiro atoms. The first-order valence-electron chi connectivity index (χ1n) is 8.73. The second kappa shape index (κ2) is 5.42. The van der Waals surface area contributed by atoms with Crippen LogP contribution in [0.2, 0.25) is 43.9 Å². The Kier molecular flexibility index (Phi) is 4.23. The van der Waals surface area contributed by atoms with Crippen LogP contribution >= 0.6 is 15.3 Å². The van der Waals surface area contributed by atoms with E-state index in [1.165, 1.54) is 51.0 Å². The SMILES string of the molecule is C[Si](C)(Br)C1=C(B2C3CCCC2CCC3)CC[Si]1(C)C. The van der Waals surface area contributed by atoms with Gasteiger partial charge in [0.2, 0.25) is 0 Å². The van der Waals surface area contributed by atoms with E-state index in [1.54, 1.807) is 0 Å². The second-order valence-electron chi connectivity index (χ2n) is 8.66. The molecule has 3 aliphatic heterocycles. The molecule has 0 atom stereocenters. The maximum absolute atomic E-state index is 4.18. The highest BCUT2D eigenvalue weighted by atomic mass is 79.9. The van der Waals surface area contributed by atoms with Crippen LogP contribution in [0.5, 0.6) is 0 Å². The Morgan fingerprint density at radius 3 is 2.00 bits per heavy atom. The number of rotatable bonds is 2. The molecular weight excluding hydrogens is 339 g/mol. The summed E-state index contributed by atoms with van der Waals surface area (Å²) in [6, 6.07) is 1.54. The molecule has 0 unspecified atom stereocenters. The summed E-state index contributed by atoms with van der Waals surface area (Å²) in [4.78, 5) is 2.04. The van der Waals surface area contributed by atoms with Gasteiger partial charge >= 0.3 is 0 Å². The largest absolute Gasteiger partial charge is 0.175 e. The minimum atomic E-state index is -1.30. The maximum Gasteiger partial charge on any atom is 0.175 e. The van der Waals surface area contributed by atoms with Crippen molar-refractivity contribution < 1.29 is 0 Å². The van der Waals surface area contributed by atoms with Crippen LogP contribution in [0.3, 0.4) is 0 Å². The van der Waals surface area contributed by atoms with Crippen LogP contribution in [0, 0.1) is 0 Å². The molecule has 0 aliphatic carbocycles. The van der Waals surface area contributed by atoms with Gasteiger partial charge in [-0.25, -0.2) is 0 Å². The number of hydrogen-bond donors (Lipinski definition) is 0. The molecule has 0 nitrogen and oxygen atoms in total.